The molecule has 0 amide bonds. The van der Waals surface area contributed by atoms with Gasteiger partial charge in [0.2, 0.25) is 0 Å². The van der Waals surface area contributed by atoms with Crippen LogP contribution in [0.1, 0.15) is 29.8 Å². The third-order valence-corrected chi connectivity index (χ3v) is 4.02. The summed E-state index contributed by atoms with van der Waals surface area (Å²) in [7, 11) is 0. The van der Waals surface area contributed by atoms with Crippen LogP contribution in [0.4, 0.5) is 0 Å². The summed E-state index contributed by atoms with van der Waals surface area (Å²) in [6, 6.07) is 6.69. The highest BCUT2D eigenvalue weighted by Crippen LogP contribution is 2.39. The second-order valence-electron chi connectivity index (χ2n) is 3.33. The molecular formula is C11H13ClS. The van der Waals surface area contributed by atoms with Gasteiger partial charge in [-0.15, -0.1) is 23.4 Å². The Bertz CT molecular complexity index is 309. The van der Waals surface area contributed by atoms with E-state index < -0.39 is 0 Å². The fourth-order valence-corrected chi connectivity index (χ4v) is 3.21. The Labute approximate surface area is 88.7 Å². The minimum atomic E-state index is 0.239. The molecule has 0 nitrogen and oxygen atoms in total. The number of halogens is 1. The summed E-state index contributed by atoms with van der Waals surface area (Å²) in [5.74, 6) is 1.16. The van der Waals surface area contributed by atoms with Gasteiger partial charge < -0.3 is 0 Å². The van der Waals surface area contributed by atoms with Crippen molar-refractivity contribution in [2.24, 2.45) is 0 Å². The monoisotopic (exact) mass is 212 g/mol. The van der Waals surface area contributed by atoms with Gasteiger partial charge in [-0.1, -0.05) is 19.1 Å². The van der Waals surface area contributed by atoms with Gasteiger partial charge in [0.1, 0.15) is 0 Å². The lowest BCUT2D eigenvalue weighted by molar-refractivity contribution is 0.850. The van der Waals surface area contributed by atoms with Crippen LogP contribution in [-0.4, -0.2) is 5.75 Å². The highest BCUT2D eigenvalue weighted by Gasteiger charge is 2.18. The number of thioether (sulfide) groups is 1. The zero-order chi connectivity index (χ0) is 9.26. The Balaban J connectivity index is 2.41. The molecular weight excluding hydrogens is 200 g/mol. The summed E-state index contributed by atoms with van der Waals surface area (Å²) in [6.07, 6.45) is 2.20. The van der Waals surface area contributed by atoms with Crippen LogP contribution in [0.2, 0.25) is 0 Å². The fraction of sp³-hybridized carbons (Fsp3) is 0.455. The molecule has 2 heteroatoms. The molecule has 2 rings (SSSR count). The maximum atomic E-state index is 6.26. The minimum Gasteiger partial charge on any atom is -0.126 e. The van der Waals surface area contributed by atoms with Crippen molar-refractivity contribution in [2.45, 2.75) is 30.0 Å². The Hall–Kier alpha value is -0.140. The van der Waals surface area contributed by atoms with E-state index in [1.54, 1.807) is 0 Å². The summed E-state index contributed by atoms with van der Waals surface area (Å²) < 4.78 is 0. The first-order valence-corrected chi connectivity index (χ1v) is 6.13. The average Bonchev–Trinajstić information content (AvgIpc) is 2.18. The molecule has 1 aliphatic rings. The van der Waals surface area contributed by atoms with Crippen molar-refractivity contribution in [3.63, 3.8) is 0 Å². The van der Waals surface area contributed by atoms with E-state index in [1.807, 2.05) is 11.8 Å². The molecule has 0 aromatic heterocycles. The Morgan fingerprint density at radius 2 is 2.38 bits per heavy atom. The largest absolute Gasteiger partial charge is 0.126 e. The molecule has 0 N–H and O–H groups in total. The van der Waals surface area contributed by atoms with E-state index in [4.69, 9.17) is 11.6 Å². The zero-order valence-corrected chi connectivity index (χ0v) is 9.29. The van der Waals surface area contributed by atoms with Gasteiger partial charge in [0.25, 0.3) is 0 Å². The fourth-order valence-electron chi connectivity index (χ4n) is 1.62. The molecule has 1 aromatic rings. The van der Waals surface area contributed by atoms with Crippen LogP contribution < -0.4 is 0 Å². The van der Waals surface area contributed by atoms with Crippen LogP contribution in [-0.2, 0) is 6.42 Å². The van der Waals surface area contributed by atoms with Crippen molar-refractivity contribution in [1.29, 1.82) is 0 Å². The van der Waals surface area contributed by atoms with E-state index in [9.17, 15) is 0 Å². The highest BCUT2D eigenvalue weighted by molar-refractivity contribution is 7.99. The van der Waals surface area contributed by atoms with Crippen LogP contribution >= 0.6 is 23.4 Å². The Morgan fingerprint density at radius 3 is 3.15 bits per heavy atom. The third kappa shape index (κ3) is 1.87. The van der Waals surface area contributed by atoms with Gasteiger partial charge >= 0.3 is 0 Å². The first-order chi connectivity index (χ1) is 6.31. The van der Waals surface area contributed by atoms with Gasteiger partial charge in [0.05, 0.1) is 5.38 Å². The van der Waals surface area contributed by atoms with E-state index in [0.717, 1.165) is 18.6 Å². The van der Waals surface area contributed by atoms with Gasteiger partial charge in [-0.25, -0.2) is 0 Å². The van der Waals surface area contributed by atoms with Crippen LogP contribution in [0.15, 0.2) is 23.1 Å². The standard InChI is InChI=1S/C11H13ClS/c1-2-8-3-4-11-9(7-8)10(12)5-6-13-11/h3-4,7,10H,2,5-6H2,1H3. The number of hydrogen-bond acceptors (Lipinski definition) is 1. The van der Waals surface area contributed by atoms with E-state index in [1.165, 1.54) is 16.0 Å². The SMILES string of the molecule is CCc1ccc2c(c1)C(Cl)CCS2. The normalized spacial score (nSPS) is 21.2. The number of aryl methyl sites for hydroxylation is 1. The highest BCUT2D eigenvalue weighted by atomic mass is 35.5. The van der Waals surface area contributed by atoms with Gasteiger partial charge in [0, 0.05) is 4.90 Å². The van der Waals surface area contributed by atoms with Crippen molar-refractivity contribution in [2.75, 3.05) is 5.75 Å². The van der Waals surface area contributed by atoms with Crippen LogP contribution in [0.25, 0.3) is 0 Å². The van der Waals surface area contributed by atoms with Gasteiger partial charge in [-0.05, 0) is 35.8 Å². The minimum absolute atomic E-state index is 0.239. The van der Waals surface area contributed by atoms with Crippen molar-refractivity contribution in [3.8, 4) is 0 Å². The molecule has 13 heavy (non-hydrogen) atoms. The van der Waals surface area contributed by atoms with Crippen molar-refractivity contribution < 1.29 is 0 Å². The van der Waals surface area contributed by atoms with Crippen LogP contribution in [0.3, 0.4) is 0 Å². The molecule has 0 saturated carbocycles. The molecule has 0 saturated heterocycles. The first kappa shape index (κ1) is 9.42. The lowest BCUT2D eigenvalue weighted by atomic mass is 10.0. The van der Waals surface area contributed by atoms with Gasteiger partial charge in [-0.2, -0.15) is 0 Å². The second kappa shape index (κ2) is 3.93. The number of benzene rings is 1. The summed E-state index contributed by atoms with van der Waals surface area (Å²) in [5.41, 5.74) is 2.74. The molecule has 1 atom stereocenters. The molecule has 0 bridgehead atoms. The quantitative estimate of drug-likeness (QED) is 0.634. The van der Waals surface area contributed by atoms with E-state index >= 15 is 0 Å². The maximum Gasteiger partial charge on any atom is 0.0604 e. The molecule has 1 heterocycles. The average molecular weight is 213 g/mol. The predicted octanol–water partition coefficient (Wildman–Crippen LogP) is 4.02. The molecule has 0 radical (unpaired) electrons. The van der Waals surface area contributed by atoms with Gasteiger partial charge in [0.15, 0.2) is 0 Å². The number of fused-ring (bicyclic) bond motifs is 1. The summed E-state index contributed by atoms with van der Waals surface area (Å²) in [6.45, 7) is 2.18. The lowest BCUT2D eigenvalue weighted by Crippen LogP contribution is -2.02. The molecule has 1 aliphatic heterocycles. The summed E-state index contributed by atoms with van der Waals surface area (Å²) >= 11 is 8.19. The molecule has 0 aliphatic carbocycles. The van der Waals surface area contributed by atoms with Crippen molar-refractivity contribution in [3.05, 3.63) is 29.3 Å². The molecule has 70 valence electrons. The molecule has 1 unspecified atom stereocenters. The Morgan fingerprint density at radius 1 is 1.54 bits per heavy atom. The third-order valence-electron chi connectivity index (χ3n) is 2.45. The molecule has 0 spiro atoms. The number of rotatable bonds is 1. The Kier molecular flexibility index (Phi) is 2.85. The molecule has 0 fully saturated rings. The molecule has 1 aromatic carbocycles. The van der Waals surface area contributed by atoms with Crippen molar-refractivity contribution >= 4 is 23.4 Å². The van der Waals surface area contributed by atoms with E-state index in [2.05, 4.69) is 25.1 Å². The van der Waals surface area contributed by atoms with E-state index in [-0.39, 0.29) is 5.38 Å². The summed E-state index contributed by atoms with van der Waals surface area (Å²) in [4.78, 5) is 1.38. The maximum absolute atomic E-state index is 6.26. The number of hydrogen-bond donors (Lipinski definition) is 0. The zero-order valence-electron chi connectivity index (χ0n) is 7.72. The summed E-state index contributed by atoms with van der Waals surface area (Å²) in [5, 5.41) is 0.239. The lowest BCUT2D eigenvalue weighted by Gasteiger charge is -2.20. The van der Waals surface area contributed by atoms with Gasteiger partial charge in [-0.3, -0.25) is 0 Å². The second-order valence-corrected chi connectivity index (χ2v) is 4.99. The smallest absolute Gasteiger partial charge is 0.0604 e. The van der Waals surface area contributed by atoms with E-state index in [0.29, 0.717) is 0 Å². The predicted molar refractivity (Wildman–Crippen MR) is 59.8 cm³/mol. The van der Waals surface area contributed by atoms with Crippen molar-refractivity contribution in [1.82, 2.24) is 0 Å². The first-order valence-electron chi connectivity index (χ1n) is 4.71. The topological polar surface area (TPSA) is 0 Å². The van der Waals surface area contributed by atoms with Crippen LogP contribution in [0.5, 0.6) is 0 Å². The van der Waals surface area contributed by atoms with Crippen LogP contribution in [0, 0.1) is 0 Å². The number of alkyl halides is 1.